The number of rotatable bonds is 4. The average molecular weight is 396 g/mol. The predicted octanol–water partition coefficient (Wildman–Crippen LogP) is 3.68. The van der Waals surface area contributed by atoms with E-state index in [1.165, 1.54) is 22.9 Å². The van der Waals surface area contributed by atoms with Crippen LogP contribution in [0.4, 0.5) is 0 Å². The van der Waals surface area contributed by atoms with E-state index in [9.17, 15) is 4.79 Å². The highest BCUT2D eigenvalue weighted by molar-refractivity contribution is 7.99. The number of thioether (sulfide) groups is 1. The van der Waals surface area contributed by atoms with Gasteiger partial charge in [-0.2, -0.15) is 4.98 Å². The molecule has 3 aromatic rings. The number of hydrogen-bond acceptors (Lipinski definition) is 5. The summed E-state index contributed by atoms with van der Waals surface area (Å²) in [6.45, 7) is 6.02. The third-order valence-corrected chi connectivity index (χ3v) is 6.59. The third-order valence-electron chi connectivity index (χ3n) is 5.76. The largest absolute Gasteiger partial charge is 0.338 e. The minimum Gasteiger partial charge on any atom is -0.338 e. The Labute approximate surface area is 169 Å². The van der Waals surface area contributed by atoms with Crippen LogP contribution in [0.5, 0.6) is 0 Å². The summed E-state index contributed by atoms with van der Waals surface area (Å²) in [5.41, 5.74) is 5.75. The summed E-state index contributed by atoms with van der Waals surface area (Å²) in [7, 11) is 1.91. The molecule has 1 aliphatic carbocycles. The van der Waals surface area contributed by atoms with Gasteiger partial charge in [-0.25, -0.2) is 9.50 Å². The number of nitrogens with zero attached hydrogens (tertiary/aromatic N) is 5. The molecule has 2 aromatic heterocycles. The molecule has 1 unspecified atom stereocenters. The maximum absolute atomic E-state index is 12.8. The molecule has 0 spiro atoms. The molecule has 0 aliphatic heterocycles. The first kappa shape index (κ1) is 18.9. The van der Waals surface area contributed by atoms with E-state index in [0.29, 0.717) is 16.7 Å². The van der Waals surface area contributed by atoms with Crippen LogP contribution in [0.1, 0.15) is 47.0 Å². The molecule has 2 heterocycles. The maximum atomic E-state index is 12.8. The molecular weight excluding hydrogens is 370 g/mol. The molecule has 6 nitrogen and oxygen atoms in total. The van der Waals surface area contributed by atoms with Crippen LogP contribution in [0.3, 0.4) is 0 Å². The van der Waals surface area contributed by atoms with Gasteiger partial charge >= 0.3 is 0 Å². The topological polar surface area (TPSA) is 63.4 Å². The van der Waals surface area contributed by atoms with Crippen LogP contribution in [0.25, 0.3) is 5.78 Å². The van der Waals surface area contributed by atoms with E-state index < -0.39 is 0 Å². The second-order valence-electron chi connectivity index (χ2n) is 7.41. The van der Waals surface area contributed by atoms with E-state index in [-0.39, 0.29) is 11.9 Å². The normalized spacial score (nSPS) is 16.2. The van der Waals surface area contributed by atoms with E-state index in [4.69, 9.17) is 0 Å². The Morgan fingerprint density at radius 3 is 2.86 bits per heavy atom. The third kappa shape index (κ3) is 3.39. The number of amides is 1. The fraction of sp³-hybridized carbons (Fsp3) is 0.429. The Morgan fingerprint density at radius 2 is 2.04 bits per heavy atom. The molecule has 28 heavy (non-hydrogen) atoms. The highest BCUT2D eigenvalue weighted by Gasteiger charge is 2.26. The minimum absolute atomic E-state index is 0.0996. The van der Waals surface area contributed by atoms with Crippen LogP contribution in [0.2, 0.25) is 0 Å². The lowest BCUT2D eigenvalue weighted by atomic mass is 9.87. The van der Waals surface area contributed by atoms with Crippen molar-refractivity contribution >= 4 is 23.4 Å². The van der Waals surface area contributed by atoms with E-state index in [2.05, 4.69) is 39.3 Å². The lowest BCUT2D eigenvalue weighted by molar-refractivity contribution is -0.129. The molecule has 0 saturated heterocycles. The summed E-state index contributed by atoms with van der Waals surface area (Å²) < 4.78 is 1.76. The quantitative estimate of drug-likeness (QED) is 0.631. The molecule has 0 N–H and O–H groups in total. The number of fused-ring (bicyclic) bond motifs is 2. The summed E-state index contributed by atoms with van der Waals surface area (Å²) >= 11 is 1.37. The van der Waals surface area contributed by atoms with Crippen molar-refractivity contribution < 1.29 is 4.79 Å². The van der Waals surface area contributed by atoms with Crippen molar-refractivity contribution in [2.75, 3.05) is 12.8 Å². The summed E-state index contributed by atoms with van der Waals surface area (Å²) in [6, 6.07) is 8.62. The lowest BCUT2D eigenvalue weighted by Gasteiger charge is -2.33. The average Bonchev–Trinajstić information content (AvgIpc) is 3.12. The standard InChI is InChI=1S/C21H25N5OS/c1-13-14(2)22-20-23-21(24-26(20)15(13)3)28-12-19(27)25(4)18-11-7-9-16-8-5-6-10-17(16)18/h5-6,8,10,18H,7,9,11-12H2,1-4H3. The fourth-order valence-electron chi connectivity index (χ4n) is 3.83. The second-order valence-corrected chi connectivity index (χ2v) is 8.36. The summed E-state index contributed by atoms with van der Waals surface area (Å²) in [4.78, 5) is 23.7. The number of carbonyl (C=O) groups excluding carboxylic acids is 1. The predicted molar refractivity (Wildman–Crippen MR) is 111 cm³/mol. The van der Waals surface area contributed by atoms with Crippen molar-refractivity contribution in [2.24, 2.45) is 0 Å². The van der Waals surface area contributed by atoms with Gasteiger partial charge in [-0.3, -0.25) is 4.79 Å². The Morgan fingerprint density at radius 1 is 1.25 bits per heavy atom. The van der Waals surface area contributed by atoms with Crippen molar-refractivity contribution in [1.82, 2.24) is 24.5 Å². The fourth-order valence-corrected chi connectivity index (χ4v) is 4.57. The first-order chi connectivity index (χ1) is 13.5. The Balaban J connectivity index is 1.48. The Kier molecular flexibility index (Phi) is 5.10. The van der Waals surface area contributed by atoms with Crippen LogP contribution in [0.15, 0.2) is 29.4 Å². The number of aromatic nitrogens is 4. The molecule has 1 aliphatic rings. The van der Waals surface area contributed by atoms with Crippen LogP contribution in [-0.4, -0.2) is 43.2 Å². The van der Waals surface area contributed by atoms with E-state index >= 15 is 0 Å². The molecule has 0 saturated carbocycles. The first-order valence-corrected chi connectivity index (χ1v) is 10.6. The van der Waals surface area contributed by atoms with Crippen molar-refractivity contribution in [3.8, 4) is 0 Å². The van der Waals surface area contributed by atoms with Gasteiger partial charge in [0.25, 0.3) is 5.78 Å². The SMILES string of the molecule is Cc1nc2nc(SCC(=O)N(C)C3CCCc4ccccc43)nn2c(C)c1C. The summed E-state index contributed by atoms with van der Waals surface area (Å²) in [6.07, 6.45) is 3.22. The monoisotopic (exact) mass is 395 g/mol. The highest BCUT2D eigenvalue weighted by Crippen LogP contribution is 2.33. The van der Waals surface area contributed by atoms with Gasteiger partial charge in [0.05, 0.1) is 11.8 Å². The van der Waals surface area contributed by atoms with Crippen LogP contribution >= 0.6 is 11.8 Å². The molecule has 1 aromatic carbocycles. The molecule has 1 amide bonds. The summed E-state index contributed by atoms with van der Waals surface area (Å²) in [5, 5.41) is 5.12. The lowest BCUT2D eigenvalue weighted by Crippen LogP contribution is -2.34. The number of carbonyl (C=O) groups is 1. The van der Waals surface area contributed by atoms with Gasteiger partial charge in [0.15, 0.2) is 0 Å². The van der Waals surface area contributed by atoms with Crippen molar-refractivity contribution in [2.45, 2.75) is 51.2 Å². The summed E-state index contributed by atoms with van der Waals surface area (Å²) in [5.74, 6) is 1.01. The van der Waals surface area contributed by atoms with Crippen LogP contribution < -0.4 is 0 Å². The maximum Gasteiger partial charge on any atom is 0.253 e. The Bertz CT molecular complexity index is 1040. The van der Waals surface area contributed by atoms with Crippen molar-refractivity contribution in [1.29, 1.82) is 0 Å². The Hall–Kier alpha value is -2.41. The molecule has 0 bridgehead atoms. The van der Waals surface area contributed by atoms with E-state index in [1.54, 1.807) is 4.52 Å². The van der Waals surface area contributed by atoms with Gasteiger partial charge in [0.1, 0.15) is 0 Å². The van der Waals surface area contributed by atoms with Crippen LogP contribution in [0, 0.1) is 20.8 Å². The molecular formula is C21H25N5OS. The second kappa shape index (κ2) is 7.54. The molecule has 0 fully saturated rings. The molecule has 4 rings (SSSR count). The van der Waals surface area contributed by atoms with Gasteiger partial charge in [-0.05, 0) is 56.7 Å². The highest BCUT2D eigenvalue weighted by atomic mass is 32.2. The van der Waals surface area contributed by atoms with E-state index in [1.807, 2.05) is 32.7 Å². The molecule has 1 atom stereocenters. The van der Waals surface area contributed by atoms with E-state index in [0.717, 1.165) is 36.2 Å². The van der Waals surface area contributed by atoms with Gasteiger partial charge in [-0.1, -0.05) is 36.0 Å². The first-order valence-electron chi connectivity index (χ1n) is 9.62. The zero-order chi connectivity index (χ0) is 19.8. The smallest absolute Gasteiger partial charge is 0.253 e. The van der Waals surface area contributed by atoms with Crippen molar-refractivity contribution in [3.05, 3.63) is 52.3 Å². The van der Waals surface area contributed by atoms with Crippen molar-refractivity contribution in [3.63, 3.8) is 0 Å². The van der Waals surface area contributed by atoms with Gasteiger partial charge in [0.2, 0.25) is 11.1 Å². The molecule has 146 valence electrons. The van der Waals surface area contributed by atoms with Gasteiger partial charge in [-0.15, -0.1) is 5.10 Å². The number of aryl methyl sites for hydroxylation is 3. The van der Waals surface area contributed by atoms with Gasteiger partial charge < -0.3 is 4.90 Å². The number of benzene rings is 1. The van der Waals surface area contributed by atoms with Crippen LogP contribution in [-0.2, 0) is 11.2 Å². The molecule has 0 radical (unpaired) electrons. The zero-order valence-corrected chi connectivity index (χ0v) is 17.6. The zero-order valence-electron chi connectivity index (χ0n) is 16.8. The minimum atomic E-state index is 0.0996. The molecule has 7 heteroatoms. The van der Waals surface area contributed by atoms with Gasteiger partial charge in [0, 0.05) is 18.4 Å². The number of hydrogen-bond donors (Lipinski definition) is 0.